The van der Waals surface area contributed by atoms with Crippen molar-refractivity contribution in [1.29, 1.82) is 5.26 Å². The van der Waals surface area contributed by atoms with Gasteiger partial charge in [-0.3, -0.25) is 0 Å². The summed E-state index contributed by atoms with van der Waals surface area (Å²) in [4.78, 5) is 12.8. The highest BCUT2D eigenvalue weighted by molar-refractivity contribution is 7.91. The summed E-state index contributed by atoms with van der Waals surface area (Å²) in [5.74, 6) is -1.77. The third kappa shape index (κ3) is 4.05. The van der Waals surface area contributed by atoms with Crippen LogP contribution in [0.4, 0.5) is 0 Å². The summed E-state index contributed by atoms with van der Waals surface area (Å²) in [6, 6.07) is 14.7. The maximum Gasteiger partial charge on any atom is 0.338 e. The number of hydrogen-bond donors (Lipinski definition) is 1. The molecule has 0 amide bonds. The Morgan fingerprint density at radius 1 is 1.16 bits per heavy atom. The summed E-state index contributed by atoms with van der Waals surface area (Å²) in [6.45, 7) is 5.14. The third-order valence-electron chi connectivity index (χ3n) is 4.95. The van der Waals surface area contributed by atoms with E-state index in [0.717, 1.165) is 5.56 Å². The number of nitrogens with zero attached hydrogens (tertiary/aromatic N) is 1. The normalized spacial score (nSPS) is 16.5. The minimum Gasteiger partial charge on any atom is -0.463 e. The fourth-order valence-electron chi connectivity index (χ4n) is 3.47. The SMILES string of the molecule is CCOC(=O)C1=C(C)OC(N)=C(C#N)C1c1ccccc1S(=O)(=O)c1ccc(C)cc1. The first-order valence-corrected chi connectivity index (χ1v) is 11.1. The molecule has 2 aromatic carbocycles. The fourth-order valence-corrected chi connectivity index (χ4v) is 4.98. The number of allylic oxidation sites excluding steroid dienone is 2. The third-order valence-corrected chi connectivity index (χ3v) is 6.80. The molecule has 8 heteroatoms. The van der Waals surface area contributed by atoms with Gasteiger partial charge in [-0.05, 0) is 44.5 Å². The number of carbonyl (C=O) groups excluding carboxylic acids is 1. The van der Waals surface area contributed by atoms with E-state index in [0.29, 0.717) is 0 Å². The Hall–Kier alpha value is -3.57. The summed E-state index contributed by atoms with van der Waals surface area (Å²) in [5.41, 5.74) is 7.08. The van der Waals surface area contributed by atoms with Crippen molar-refractivity contribution in [2.75, 3.05) is 6.61 Å². The molecule has 0 bridgehead atoms. The smallest absolute Gasteiger partial charge is 0.338 e. The van der Waals surface area contributed by atoms with Gasteiger partial charge < -0.3 is 15.2 Å². The van der Waals surface area contributed by atoms with Gasteiger partial charge in [-0.2, -0.15) is 5.26 Å². The molecule has 7 nitrogen and oxygen atoms in total. The average Bonchev–Trinajstić information content (AvgIpc) is 2.73. The second-order valence-electron chi connectivity index (χ2n) is 6.97. The van der Waals surface area contributed by atoms with E-state index in [1.807, 2.05) is 13.0 Å². The highest BCUT2D eigenvalue weighted by Crippen LogP contribution is 2.42. The summed E-state index contributed by atoms with van der Waals surface area (Å²) in [5, 5.41) is 9.76. The average molecular weight is 439 g/mol. The number of benzene rings is 2. The minimum absolute atomic E-state index is 0.0269. The molecule has 0 saturated heterocycles. The summed E-state index contributed by atoms with van der Waals surface area (Å²) in [6.07, 6.45) is 0. The molecular formula is C23H22N2O5S. The molecule has 2 N–H and O–H groups in total. The molecule has 1 atom stereocenters. The van der Waals surface area contributed by atoms with Crippen LogP contribution in [0.25, 0.3) is 0 Å². The van der Waals surface area contributed by atoms with E-state index in [1.54, 1.807) is 37.3 Å². The van der Waals surface area contributed by atoms with Crippen molar-refractivity contribution in [2.45, 2.75) is 36.5 Å². The van der Waals surface area contributed by atoms with Crippen molar-refractivity contribution in [2.24, 2.45) is 5.73 Å². The van der Waals surface area contributed by atoms with E-state index in [4.69, 9.17) is 15.2 Å². The van der Waals surface area contributed by atoms with Gasteiger partial charge in [-0.1, -0.05) is 35.9 Å². The Kier molecular flexibility index (Phi) is 6.18. The number of aryl methyl sites for hydroxylation is 1. The van der Waals surface area contributed by atoms with Gasteiger partial charge >= 0.3 is 5.97 Å². The summed E-state index contributed by atoms with van der Waals surface area (Å²) >= 11 is 0. The van der Waals surface area contributed by atoms with Gasteiger partial charge in [0.05, 0.1) is 27.9 Å². The maximum absolute atomic E-state index is 13.5. The monoisotopic (exact) mass is 438 g/mol. The van der Waals surface area contributed by atoms with E-state index in [1.165, 1.54) is 25.1 Å². The van der Waals surface area contributed by atoms with E-state index >= 15 is 0 Å². The van der Waals surface area contributed by atoms with Crippen molar-refractivity contribution in [3.05, 3.63) is 82.4 Å². The van der Waals surface area contributed by atoms with Gasteiger partial charge in [0.15, 0.2) is 0 Å². The van der Waals surface area contributed by atoms with Crippen LogP contribution in [-0.2, 0) is 24.1 Å². The molecule has 0 spiro atoms. The molecule has 1 unspecified atom stereocenters. The standard InChI is InChI=1S/C23H22N2O5S/c1-4-29-23(26)20-15(3)30-22(25)18(13-24)21(20)17-7-5-6-8-19(17)31(27,28)16-11-9-14(2)10-12-16/h5-12,21H,4,25H2,1-3H3. The fraction of sp³-hybridized carbons (Fsp3) is 0.217. The predicted molar refractivity (Wildman–Crippen MR) is 113 cm³/mol. The lowest BCUT2D eigenvalue weighted by Gasteiger charge is -2.28. The van der Waals surface area contributed by atoms with E-state index in [-0.39, 0.29) is 44.7 Å². The highest BCUT2D eigenvalue weighted by atomic mass is 32.2. The predicted octanol–water partition coefficient (Wildman–Crippen LogP) is 3.47. The van der Waals surface area contributed by atoms with Crippen LogP contribution in [0.1, 0.15) is 30.9 Å². The van der Waals surface area contributed by atoms with Crippen molar-refractivity contribution in [1.82, 2.24) is 0 Å². The Balaban J connectivity index is 2.28. The van der Waals surface area contributed by atoms with Crippen LogP contribution >= 0.6 is 0 Å². The van der Waals surface area contributed by atoms with Gasteiger partial charge in [0.2, 0.25) is 15.7 Å². The molecule has 0 saturated carbocycles. The summed E-state index contributed by atoms with van der Waals surface area (Å²) < 4.78 is 37.5. The van der Waals surface area contributed by atoms with E-state index in [2.05, 4.69) is 0 Å². The molecule has 31 heavy (non-hydrogen) atoms. The minimum atomic E-state index is -3.95. The number of ether oxygens (including phenoxy) is 2. The lowest BCUT2D eigenvalue weighted by atomic mass is 9.83. The zero-order valence-electron chi connectivity index (χ0n) is 17.4. The molecule has 1 heterocycles. The zero-order valence-corrected chi connectivity index (χ0v) is 18.2. The molecule has 0 aromatic heterocycles. The molecule has 0 fully saturated rings. The molecular weight excluding hydrogens is 416 g/mol. The second-order valence-corrected chi connectivity index (χ2v) is 8.89. The highest BCUT2D eigenvalue weighted by Gasteiger charge is 2.39. The van der Waals surface area contributed by atoms with Crippen LogP contribution in [0.5, 0.6) is 0 Å². The molecule has 3 rings (SSSR count). The number of rotatable bonds is 5. The van der Waals surface area contributed by atoms with Gasteiger partial charge in [0, 0.05) is 0 Å². The van der Waals surface area contributed by atoms with Crippen molar-refractivity contribution < 1.29 is 22.7 Å². The Bertz CT molecular complexity index is 1240. The Morgan fingerprint density at radius 2 is 1.81 bits per heavy atom. The first-order chi connectivity index (χ1) is 14.7. The van der Waals surface area contributed by atoms with Crippen LogP contribution < -0.4 is 5.73 Å². The number of nitriles is 1. The molecule has 2 aromatic rings. The van der Waals surface area contributed by atoms with Crippen LogP contribution in [0.2, 0.25) is 0 Å². The maximum atomic E-state index is 13.5. The van der Waals surface area contributed by atoms with Crippen LogP contribution in [-0.4, -0.2) is 21.0 Å². The molecule has 1 aliphatic heterocycles. The number of nitrogens with two attached hydrogens (primary N) is 1. The molecule has 160 valence electrons. The van der Waals surface area contributed by atoms with E-state index < -0.39 is 21.7 Å². The number of carbonyl (C=O) groups is 1. The Labute approximate surface area is 181 Å². The topological polar surface area (TPSA) is 119 Å². The van der Waals surface area contributed by atoms with Gasteiger partial charge in [0.1, 0.15) is 17.4 Å². The van der Waals surface area contributed by atoms with Gasteiger partial charge in [-0.15, -0.1) is 0 Å². The van der Waals surface area contributed by atoms with E-state index in [9.17, 15) is 18.5 Å². The molecule has 1 aliphatic rings. The van der Waals surface area contributed by atoms with Crippen LogP contribution in [0, 0.1) is 18.3 Å². The second kappa shape index (κ2) is 8.66. The largest absolute Gasteiger partial charge is 0.463 e. The first kappa shape index (κ1) is 22.1. The number of esters is 1. The van der Waals surface area contributed by atoms with Crippen molar-refractivity contribution >= 4 is 15.8 Å². The zero-order chi connectivity index (χ0) is 22.8. The lowest BCUT2D eigenvalue weighted by molar-refractivity contribution is -0.139. The summed E-state index contributed by atoms with van der Waals surface area (Å²) in [7, 11) is -3.95. The van der Waals surface area contributed by atoms with Crippen LogP contribution in [0.3, 0.4) is 0 Å². The Morgan fingerprint density at radius 3 is 2.42 bits per heavy atom. The van der Waals surface area contributed by atoms with Gasteiger partial charge in [-0.25, -0.2) is 13.2 Å². The lowest BCUT2D eigenvalue weighted by Crippen LogP contribution is -2.26. The number of sulfone groups is 1. The van der Waals surface area contributed by atoms with Crippen molar-refractivity contribution in [3.8, 4) is 6.07 Å². The molecule has 0 aliphatic carbocycles. The van der Waals surface area contributed by atoms with Gasteiger partial charge in [0.25, 0.3) is 0 Å². The number of hydrogen-bond acceptors (Lipinski definition) is 7. The first-order valence-electron chi connectivity index (χ1n) is 9.58. The molecule has 0 radical (unpaired) electrons. The quantitative estimate of drug-likeness (QED) is 0.710. The van der Waals surface area contributed by atoms with Crippen LogP contribution in [0.15, 0.2) is 81.1 Å². The van der Waals surface area contributed by atoms with Crippen molar-refractivity contribution in [3.63, 3.8) is 0 Å².